The van der Waals surface area contributed by atoms with E-state index in [-0.39, 0.29) is 12.5 Å². The summed E-state index contributed by atoms with van der Waals surface area (Å²) in [5, 5.41) is 11.8. The van der Waals surface area contributed by atoms with Crippen LogP contribution in [0.25, 0.3) is 0 Å². The molecule has 1 fully saturated rings. The molecule has 88 valence electrons. The number of ether oxygens (including phenoxy) is 1. The molecule has 16 heavy (non-hydrogen) atoms. The minimum absolute atomic E-state index is 0.225. The van der Waals surface area contributed by atoms with Crippen molar-refractivity contribution in [3.05, 3.63) is 33.8 Å². The highest BCUT2D eigenvalue weighted by Crippen LogP contribution is 2.48. The van der Waals surface area contributed by atoms with Gasteiger partial charge in [-0.2, -0.15) is 0 Å². The molecule has 1 aromatic rings. The number of benzene rings is 1. The molecule has 0 amide bonds. The molecule has 0 radical (unpaired) electrons. The molecule has 0 aromatic heterocycles. The van der Waals surface area contributed by atoms with E-state index in [0.717, 1.165) is 12.8 Å². The van der Waals surface area contributed by atoms with E-state index in [9.17, 15) is 5.11 Å². The fourth-order valence-corrected chi connectivity index (χ4v) is 2.48. The lowest BCUT2D eigenvalue weighted by Gasteiger charge is -2.29. The van der Waals surface area contributed by atoms with E-state index >= 15 is 0 Å². The van der Waals surface area contributed by atoms with Crippen molar-refractivity contribution in [3.63, 3.8) is 0 Å². The van der Waals surface area contributed by atoms with E-state index in [4.69, 9.17) is 27.9 Å². The average Bonchev–Trinajstić information content (AvgIpc) is 3.05. The zero-order valence-corrected chi connectivity index (χ0v) is 10.6. The minimum atomic E-state index is -1.00. The highest BCUT2D eigenvalue weighted by atomic mass is 35.5. The first-order valence-electron chi connectivity index (χ1n) is 5.25. The smallest absolute Gasteiger partial charge is 0.117 e. The van der Waals surface area contributed by atoms with Gasteiger partial charge in [-0.05, 0) is 37.0 Å². The van der Waals surface area contributed by atoms with Gasteiger partial charge < -0.3 is 9.84 Å². The van der Waals surface area contributed by atoms with Crippen LogP contribution in [0, 0.1) is 5.92 Å². The number of methoxy groups -OCH3 is 1. The quantitative estimate of drug-likeness (QED) is 0.901. The van der Waals surface area contributed by atoms with Crippen molar-refractivity contribution in [2.75, 3.05) is 13.7 Å². The molecule has 1 saturated carbocycles. The van der Waals surface area contributed by atoms with Crippen molar-refractivity contribution in [3.8, 4) is 0 Å². The molecule has 0 saturated heterocycles. The Hall–Kier alpha value is -0.280. The Morgan fingerprint density at radius 1 is 1.44 bits per heavy atom. The first-order chi connectivity index (χ1) is 7.58. The summed E-state index contributed by atoms with van der Waals surface area (Å²) in [5.41, 5.74) is -0.331. The van der Waals surface area contributed by atoms with Crippen molar-refractivity contribution in [1.29, 1.82) is 0 Å². The summed E-state index contributed by atoms with van der Waals surface area (Å²) in [4.78, 5) is 0. The SMILES string of the molecule is COCC(O)(c1cc(Cl)ccc1Cl)C1CC1. The Bertz CT molecular complexity index is 391. The molecule has 2 nitrogen and oxygen atoms in total. The summed E-state index contributed by atoms with van der Waals surface area (Å²) in [6.07, 6.45) is 2.01. The Kier molecular flexibility index (Phi) is 3.45. The van der Waals surface area contributed by atoms with Crippen molar-refractivity contribution in [2.45, 2.75) is 18.4 Å². The maximum absolute atomic E-state index is 10.7. The predicted octanol–water partition coefficient (Wildman–Crippen LogP) is 3.24. The number of hydrogen-bond donors (Lipinski definition) is 1. The van der Waals surface area contributed by atoms with Gasteiger partial charge in [-0.1, -0.05) is 23.2 Å². The second kappa shape index (κ2) is 4.53. The van der Waals surface area contributed by atoms with Crippen LogP contribution >= 0.6 is 23.2 Å². The summed E-state index contributed by atoms with van der Waals surface area (Å²) in [6.45, 7) is 0.248. The molecular formula is C12H14Cl2O2. The van der Waals surface area contributed by atoms with Crippen molar-refractivity contribution < 1.29 is 9.84 Å². The monoisotopic (exact) mass is 260 g/mol. The van der Waals surface area contributed by atoms with E-state index in [1.165, 1.54) is 0 Å². The normalized spacial score (nSPS) is 19.5. The van der Waals surface area contributed by atoms with Gasteiger partial charge >= 0.3 is 0 Å². The Labute approximate surface area is 105 Å². The second-order valence-electron chi connectivity index (χ2n) is 4.26. The summed E-state index contributed by atoms with van der Waals surface area (Å²) in [7, 11) is 1.58. The molecule has 1 aliphatic carbocycles. The Balaban J connectivity index is 2.41. The van der Waals surface area contributed by atoms with Crippen LogP contribution in [0.2, 0.25) is 10.0 Å². The van der Waals surface area contributed by atoms with E-state index in [1.807, 2.05) is 0 Å². The number of hydrogen-bond acceptors (Lipinski definition) is 2. The van der Waals surface area contributed by atoms with Gasteiger partial charge in [0.15, 0.2) is 0 Å². The number of rotatable bonds is 4. The minimum Gasteiger partial charge on any atom is -0.382 e. The maximum Gasteiger partial charge on any atom is 0.117 e. The molecule has 1 unspecified atom stereocenters. The van der Waals surface area contributed by atoms with E-state index < -0.39 is 5.60 Å². The molecule has 0 aliphatic heterocycles. The maximum atomic E-state index is 10.7. The average molecular weight is 261 g/mol. The van der Waals surface area contributed by atoms with Crippen LogP contribution in [0.4, 0.5) is 0 Å². The zero-order chi connectivity index (χ0) is 11.8. The summed E-state index contributed by atoms with van der Waals surface area (Å²) in [6, 6.07) is 5.15. The highest BCUT2D eigenvalue weighted by molar-refractivity contribution is 6.33. The number of halogens is 2. The van der Waals surface area contributed by atoms with Gasteiger partial charge in [0.05, 0.1) is 6.61 Å². The van der Waals surface area contributed by atoms with Crippen LogP contribution in [-0.2, 0) is 10.3 Å². The lowest BCUT2D eigenvalue weighted by Crippen LogP contribution is -2.34. The first-order valence-corrected chi connectivity index (χ1v) is 6.00. The summed E-state index contributed by atoms with van der Waals surface area (Å²) < 4.78 is 5.11. The summed E-state index contributed by atoms with van der Waals surface area (Å²) >= 11 is 12.1. The first kappa shape index (κ1) is 12.2. The molecule has 0 heterocycles. The fourth-order valence-electron chi connectivity index (χ4n) is 2.03. The third-order valence-corrected chi connectivity index (χ3v) is 3.58. The third kappa shape index (κ3) is 2.21. The molecule has 1 aliphatic rings. The topological polar surface area (TPSA) is 29.5 Å². The second-order valence-corrected chi connectivity index (χ2v) is 5.10. The molecule has 1 atom stereocenters. The van der Waals surface area contributed by atoms with Crippen LogP contribution in [-0.4, -0.2) is 18.8 Å². The molecule has 1 aromatic carbocycles. The number of aliphatic hydroxyl groups is 1. The van der Waals surface area contributed by atoms with Gasteiger partial charge in [-0.3, -0.25) is 0 Å². The highest BCUT2D eigenvalue weighted by Gasteiger charge is 2.46. The molecule has 0 spiro atoms. The molecular weight excluding hydrogens is 247 g/mol. The zero-order valence-electron chi connectivity index (χ0n) is 9.04. The van der Waals surface area contributed by atoms with Crippen molar-refractivity contribution >= 4 is 23.2 Å². The van der Waals surface area contributed by atoms with Crippen LogP contribution < -0.4 is 0 Å². The molecule has 2 rings (SSSR count). The van der Waals surface area contributed by atoms with Gasteiger partial charge in [0.1, 0.15) is 5.60 Å². The van der Waals surface area contributed by atoms with Gasteiger partial charge in [-0.15, -0.1) is 0 Å². The van der Waals surface area contributed by atoms with Gasteiger partial charge in [0.25, 0.3) is 0 Å². The van der Waals surface area contributed by atoms with Crippen molar-refractivity contribution in [1.82, 2.24) is 0 Å². The largest absolute Gasteiger partial charge is 0.382 e. The van der Waals surface area contributed by atoms with E-state index in [1.54, 1.807) is 25.3 Å². The predicted molar refractivity (Wildman–Crippen MR) is 65.0 cm³/mol. The Morgan fingerprint density at radius 2 is 2.12 bits per heavy atom. The van der Waals surface area contributed by atoms with Crippen LogP contribution in [0.3, 0.4) is 0 Å². The standard InChI is InChI=1S/C12H14Cl2O2/c1-16-7-12(15,8-2-3-8)10-6-9(13)4-5-11(10)14/h4-6,8,15H,2-3,7H2,1H3. The van der Waals surface area contributed by atoms with Gasteiger partial charge in [0.2, 0.25) is 0 Å². The lowest BCUT2D eigenvalue weighted by molar-refractivity contribution is -0.0531. The van der Waals surface area contributed by atoms with Crippen LogP contribution in [0.5, 0.6) is 0 Å². The Morgan fingerprint density at radius 3 is 2.69 bits per heavy atom. The van der Waals surface area contributed by atoms with Crippen molar-refractivity contribution in [2.24, 2.45) is 5.92 Å². The van der Waals surface area contributed by atoms with Crippen LogP contribution in [0.15, 0.2) is 18.2 Å². The van der Waals surface area contributed by atoms with Crippen LogP contribution in [0.1, 0.15) is 18.4 Å². The fraction of sp³-hybridized carbons (Fsp3) is 0.500. The van der Waals surface area contributed by atoms with E-state index in [2.05, 4.69) is 0 Å². The molecule has 0 bridgehead atoms. The van der Waals surface area contributed by atoms with E-state index in [0.29, 0.717) is 15.6 Å². The summed E-state index contributed by atoms with van der Waals surface area (Å²) in [5.74, 6) is 0.225. The van der Waals surface area contributed by atoms with Gasteiger partial charge in [0, 0.05) is 22.7 Å². The van der Waals surface area contributed by atoms with Gasteiger partial charge in [-0.25, -0.2) is 0 Å². The molecule has 1 N–H and O–H groups in total. The lowest BCUT2D eigenvalue weighted by atomic mass is 9.89. The third-order valence-electron chi connectivity index (χ3n) is 3.01. The molecule has 4 heteroatoms.